The monoisotopic (exact) mass is 408 g/mol. The van der Waals surface area contributed by atoms with Crippen LogP contribution in [-0.4, -0.2) is 23.5 Å². The Kier molecular flexibility index (Phi) is 6.77. The number of nitrogens with one attached hydrogen (secondary N) is 1. The summed E-state index contributed by atoms with van der Waals surface area (Å²) in [6.07, 6.45) is 1.06. The highest BCUT2D eigenvalue weighted by Gasteiger charge is 2.18. The summed E-state index contributed by atoms with van der Waals surface area (Å²) in [6.45, 7) is 5.72. The summed E-state index contributed by atoms with van der Waals surface area (Å²) < 4.78 is 5.19. The SMILES string of the molecule is CC[C@H](C)c1ccc(NC(=O)COC(=O)c2sc(-c3ccccc3)nc2C)cc1. The minimum Gasteiger partial charge on any atom is -0.451 e. The van der Waals surface area contributed by atoms with Gasteiger partial charge in [0.25, 0.3) is 5.91 Å². The fraction of sp³-hybridized carbons (Fsp3) is 0.261. The van der Waals surface area contributed by atoms with Crippen LogP contribution in [0.4, 0.5) is 5.69 Å². The Labute approximate surface area is 174 Å². The van der Waals surface area contributed by atoms with Crippen molar-refractivity contribution in [1.29, 1.82) is 0 Å². The van der Waals surface area contributed by atoms with E-state index in [1.54, 1.807) is 6.92 Å². The molecule has 0 bridgehead atoms. The summed E-state index contributed by atoms with van der Waals surface area (Å²) in [5.41, 5.74) is 3.45. The van der Waals surface area contributed by atoms with Crippen LogP contribution in [0.2, 0.25) is 0 Å². The van der Waals surface area contributed by atoms with Crippen LogP contribution in [0.3, 0.4) is 0 Å². The zero-order valence-electron chi connectivity index (χ0n) is 16.8. The minimum absolute atomic E-state index is 0.343. The number of nitrogens with zero attached hydrogens (tertiary/aromatic N) is 1. The Balaban J connectivity index is 1.56. The van der Waals surface area contributed by atoms with Gasteiger partial charge in [-0.05, 0) is 37.0 Å². The first-order chi connectivity index (χ1) is 14.0. The van der Waals surface area contributed by atoms with Gasteiger partial charge in [0.2, 0.25) is 0 Å². The van der Waals surface area contributed by atoms with Crippen molar-refractivity contribution < 1.29 is 14.3 Å². The molecule has 1 N–H and O–H groups in total. The molecule has 0 radical (unpaired) electrons. The van der Waals surface area contributed by atoms with E-state index in [9.17, 15) is 9.59 Å². The van der Waals surface area contributed by atoms with Crippen LogP contribution < -0.4 is 5.32 Å². The third-order valence-electron chi connectivity index (χ3n) is 4.71. The van der Waals surface area contributed by atoms with E-state index < -0.39 is 5.97 Å². The second kappa shape index (κ2) is 9.47. The molecule has 1 aromatic heterocycles. The van der Waals surface area contributed by atoms with E-state index in [0.717, 1.165) is 17.0 Å². The molecule has 150 valence electrons. The van der Waals surface area contributed by atoms with Crippen LogP contribution in [0.25, 0.3) is 10.6 Å². The lowest BCUT2D eigenvalue weighted by molar-refractivity contribution is -0.119. The lowest BCUT2D eigenvalue weighted by atomic mass is 9.99. The number of anilines is 1. The van der Waals surface area contributed by atoms with Crippen molar-refractivity contribution in [1.82, 2.24) is 4.98 Å². The average molecular weight is 409 g/mol. The number of carbonyl (C=O) groups excluding carboxylic acids is 2. The van der Waals surface area contributed by atoms with Gasteiger partial charge in [-0.1, -0.05) is 56.3 Å². The molecule has 0 aliphatic rings. The fourth-order valence-electron chi connectivity index (χ4n) is 2.81. The number of benzene rings is 2. The van der Waals surface area contributed by atoms with Gasteiger partial charge >= 0.3 is 5.97 Å². The van der Waals surface area contributed by atoms with E-state index >= 15 is 0 Å². The van der Waals surface area contributed by atoms with Crippen molar-refractivity contribution >= 4 is 28.9 Å². The summed E-state index contributed by atoms with van der Waals surface area (Å²) >= 11 is 1.27. The molecule has 6 heteroatoms. The molecule has 2 aromatic carbocycles. The molecular formula is C23H24N2O3S. The third-order valence-corrected chi connectivity index (χ3v) is 5.90. The summed E-state index contributed by atoms with van der Waals surface area (Å²) in [4.78, 5) is 29.4. The number of esters is 1. The first kappa shape index (κ1) is 20.7. The number of aromatic nitrogens is 1. The molecular weight excluding hydrogens is 384 g/mol. The summed E-state index contributed by atoms with van der Waals surface area (Å²) in [5, 5.41) is 3.50. The Hall–Kier alpha value is -2.99. The minimum atomic E-state index is -0.538. The van der Waals surface area contributed by atoms with Crippen LogP contribution >= 0.6 is 11.3 Å². The van der Waals surface area contributed by atoms with Gasteiger partial charge in [0.15, 0.2) is 6.61 Å². The molecule has 3 aromatic rings. The molecule has 0 saturated carbocycles. The number of thiazole rings is 1. The highest BCUT2D eigenvalue weighted by Crippen LogP contribution is 2.28. The maximum Gasteiger partial charge on any atom is 0.350 e. The van der Waals surface area contributed by atoms with Gasteiger partial charge in [0.05, 0.1) is 5.69 Å². The number of rotatable bonds is 7. The van der Waals surface area contributed by atoms with Crippen molar-refractivity contribution in [2.45, 2.75) is 33.1 Å². The molecule has 5 nitrogen and oxygen atoms in total. The van der Waals surface area contributed by atoms with Crippen LogP contribution in [-0.2, 0) is 9.53 Å². The second-order valence-corrected chi connectivity index (χ2v) is 7.85. The second-order valence-electron chi connectivity index (χ2n) is 6.86. The maximum absolute atomic E-state index is 12.4. The van der Waals surface area contributed by atoms with Crippen LogP contribution in [0, 0.1) is 6.92 Å². The molecule has 29 heavy (non-hydrogen) atoms. The number of ether oxygens (including phenoxy) is 1. The standard InChI is InChI=1S/C23H24N2O3S/c1-4-15(2)17-10-12-19(13-11-17)25-20(26)14-28-23(27)21-16(3)24-22(29-21)18-8-6-5-7-9-18/h5-13,15H,4,14H2,1-3H3,(H,25,26)/t15-/m0/s1. The first-order valence-corrected chi connectivity index (χ1v) is 10.4. The van der Waals surface area contributed by atoms with Gasteiger partial charge in [-0.3, -0.25) is 4.79 Å². The lowest BCUT2D eigenvalue weighted by Gasteiger charge is -2.10. The number of hydrogen-bond acceptors (Lipinski definition) is 5. The summed E-state index contributed by atoms with van der Waals surface area (Å²) in [5.74, 6) is -0.436. The zero-order chi connectivity index (χ0) is 20.8. The van der Waals surface area contributed by atoms with E-state index in [-0.39, 0.29) is 12.5 Å². The quantitative estimate of drug-likeness (QED) is 0.530. The van der Waals surface area contributed by atoms with E-state index in [1.165, 1.54) is 16.9 Å². The van der Waals surface area contributed by atoms with Crippen LogP contribution in [0.5, 0.6) is 0 Å². The molecule has 3 rings (SSSR count). The molecule has 0 unspecified atom stereocenters. The first-order valence-electron chi connectivity index (χ1n) is 9.57. The largest absolute Gasteiger partial charge is 0.451 e. The number of aryl methyl sites for hydroxylation is 1. The van der Waals surface area contributed by atoms with Crippen molar-refractivity contribution in [2.24, 2.45) is 0 Å². The Morgan fingerprint density at radius 3 is 2.45 bits per heavy atom. The van der Waals surface area contributed by atoms with Gasteiger partial charge in [-0.15, -0.1) is 11.3 Å². The van der Waals surface area contributed by atoms with Gasteiger partial charge in [-0.25, -0.2) is 9.78 Å². The molecule has 1 atom stereocenters. The molecule has 0 fully saturated rings. The molecule has 0 aliphatic carbocycles. The number of hydrogen-bond donors (Lipinski definition) is 1. The Morgan fingerprint density at radius 1 is 1.10 bits per heavy atom. The lowest BCUT2D eigenvalue weighted by Crippen LogP contribution is -2.20. The average Bonchev–Trinajstić information content (AvgIpc) is 3.14. The van der Waals surface area contributed by atoms with E-state index in [1.807, 2.05) is 54.6 Å². The number of carbonyl (C=O) groups is 2. The molecule has 0 saturated heterocycles. The van der Waals surface area contributed by atoms with Crippen molar-refractivity contribution in [3.63, 3.8) is 0 Å². The number of amides is 1. The van der Waals surface area contributed by atoms with Crippen molar-refractivity contribution in [2.75, 3.05) is 11.9 Å². The highest BCUT2D eigenvalue weighted by molar-refractivity contribution is 7.17. The van der Waals surface area contributed by atoms with Gasteiger partial charge in [-0.2, -0.15) is 0 Å². The molecule has 1 amide bonds. The van der Waals surface area contributed by atoms with Crippen LogP contribution in [0.1, 0.15) is 47.1 Å². The molecule has 0 spiro atoms. The smallest absolute Gasteiger partial charge is 0.350 e. The highest BCUT2D eigenvalue weighted by atomic mass is 32.1. The third kappa shape index (κ3) is 5.29. The predicted octanol–water partition coefficient (Wildman–Crippen LogP) is 5.43. The van der Waals surface area contributed by atoms with Gasteiger partial charge in [0.1, 0.15) is 9.88 Å². The van der Waals surface area contributed by atoms with Gasteiger partial charge in [0, 0.05) is 11.3 Å². The zero-order valence-corrected chi connectivity index (χ0v) is 17.6. The fourth-order valence-corrected chi connectivity index (χ4v) is 3.78. The molecule has 1 heterocycles. The summed E-state index contributed by atoms with van der Waals surface area (Å²) in [6, 6.07) is 17.4. The topological polar surface area (TPSA) is 68.3 Å². The van der Waals surface area contributed by atoms with Gasteiger partial charge < -0.3 is 10.1 Å². The Bertz CT molecular complexity index is 981. The molecule has 0 aliphatic heterocycles. The predicted molar refractivity (Wildman–Crippen MR) is 116 cm³/mol. The summed E-state index contributed by atoms with van der Waals surface area (Å²) in [7, 11) is 0. The van der Waals surface area contributed by atoms with E-state index in [2.05, 4.69) is 24.1 Å². The van der Waals surface area contributed by atoms with E-state index in [4.69, 9.17) is 4.74 Å². The van der Waals surface area contributed by atoms with Crippen molar-refractivity contribution in [3.05, 3.63) is 70.7 Å². The van der Waals surface area contributed by atoms with E-state index in [0.29, 0.717) is 22.2 Å². The van der Waals surface area contributed by atoms with Crippen molar-refractivity contribution in [3.8, 4) is 10.6 Å². The van der Waals surface area contributed by atoms with Crippen LogP contribution in [0.15, 0.2) is 54.6 Å². The Morgan fingerprint density at radius 2 is 1.79 bits per heavy atom. The maximum atomic E-state index is 12.4. The normalized spacial score (nSPS) is 11.7.